The molecule has 10 heteroatoms. The Kier molecular flexibility index (Phi) is 4.19. The number of aromatic nitrogens is 5. The molecule has 140 valence electrons. The van der Waals surface area contributed by atoms with Crippen LogP contribution >= 0.6 is 0 Å². The first-order valence-electron chi connectivity index (χ1n) is 8.37. The van der Waals surface area contributed by atoms with Gasteiger partial charge in [-0.05, 0) is 37.6 Å². The summed E-state index contributed by atoms with van der Waals surface area (Å²) < 4.78 is 20.5. The molecule has 0 fully saturated rings. The monoisotopic (exact) mass is 372 g/mol. The number of rotatable bonds is 4. The lowest BCUT2D eigenvalue weighted by Gasteiger charge is -2.32. The molecule has 0 saturated carbocycles. The van der Waals surface area contributed by atoms with Crippen molar-refractivity contribution in [3.8, 4) is 11.4 Å². The van der Waals surface area contributed by atoms with E-state index in [-0.39, 0.29) is 24.8 Å². The van der Waals surface area contributed by atoms with Crippen LogP contribution in [0.1, 0.15) is 23.1 Å². The highest BCUT2D eigenvalue weighted by Crippen LogP contribution is 2.22. The van der Waals surface area contributed by atoms with Gasteiger partial charge in [0.1, 0.15) is 23.5 Å². The Morgan fingerprint density at radius 3 is 2.93 bits per heavy atom. The second kappa shape index (κ2) is 6.54. The fourth-order valence-corrected chi connectivity index (χ4v) is 3.15. The molecule has 0 saturated heterocycles. The zero-order valence-corrected chi connectivity index (χ0v) is 14.8. The van der Waals surface area contributed by atoms with Crippen molar-refractivity contribution in [2.75, 3.05) is 0 Å². The van der Waals surface area contributed by atoms with Gasteiger partial charge in [0.25, 0.3) is 0 Å². The molecule has 4 rings (SSSR count). The number of carboxylic acids is 1. The Hall–Kier alpha value is -3.14. The summed E-state index contributed by atoms with van der Waals surface area (Å²) >= 11 is 0. The van der Waals surface area contributed by atoms with E-state index in [1.807, 2.05) is 0 Å². The summed E-state index contributed by atoms with van der Waals surface area (Å²) in [6.45, 7) is 4.17. The first-order valence-corrected chi connectivity index (χ1v) is 8.37. The molecule has 1 aromatic carbocycles. The van der Waals surface area contributed by atoms with Crippen LogP contribution in [-0.4, -0.2) is 46.9 Å². The van der Waals surface area contributed by atoms with Crippen molar-refractivity contribution in [3.63, 3.8) is 0 Å². The Balaban J connectivity index is 1.57. The smallest absolute Gasteiger partial charge is 0.322 e. The lowest BCUT2D eigenvalue weighted by molar-refractivity contribution is -0.145. The van der Waals surface area contributed by atoms with Gasteiger partial charge in [0.05, 0.1) is 19.6 Å². The number of aliphatic carboxylic acids is 1. The molecule has 2 aromatic heterocycles. The zero-order chi connectivity index (χ0) is 19.1. The van der Waals surface area contributed by atoms with Crippen LogP contribution in [0, 0.1) is 19.7 Å². The fourth-order valence-electron chi connectivity index (χ4n) is 3.15. The van der Waals surface area contributed by atoms with E-state index >= 15 is 0 Å². The molecule has 0 spiro atoms. The number of halogens is 1. The minimum Gasteiger partial charge on any atom is -0.480 e. The minimum absolute atomic E-state index is 0.163. The van der Waals surface area contributed by atoms with E-state index < -0.39 is 12.0 Å². The van der Waals surface area contributed by atoms with E-state index in [2.05, 4.69) is 20.3 Å². The van der Waals surface area contributed by atoms with Crippen LogP contribution in [0.15, 0.2) is 22.7 Å². The largest absolute Gasteiger partial charge is 0.480 e. The average molecular weight is 372 g/mol. The van der Waals surface area contributed by atoms with E-state index in [9.17, 15) is 14.3 Å². The van der Waals surface area contributed by atoms with Gasteiger partial charge in [-0.3, -0.25) is 9.69 Å². The summed E-state index contributed by atoms with van der Waals surface area (Å²) in [5, 5.41) is 21.6. The Bertz CT molecular complexity index is 1010. The summed E-state index contributed by atoms with van der Waals surface area (Å²) in [5.74, 6) is 0.739. The third kappa shape index (κ3) is 3.19. The highest BCUT2D eigenvalue weighted by Gasteiger charge is 2.34. The lowest BCUT2D eigenvalue weighted by Crippen LogP contribution is -2.47. The van der Waals surface area contributed by atoms with E-state index in [1.165, 1.54) is 6.07 Å². The number of carbonyl (C=O) groups is 1. The Labute approximate surface area is 153 Å². The predicted molar refractivity (Wildman–Crippen MR) is 89.9 cm³/mol. The Morgan fingerprint density at radius 1 is 1.37 bits per heavy atom. The topological polar surface area (TPSA) is 110 Å². The number of carboxylic acid groups (broad SMARTS) is 1. The normalized spacial score (nSPS) is 17.1. The summed E-state index contributed by atoms with van der Waals surface area (Å²) in [5.41, 5.74) is 1.11. The van der Waals surface area contributed by atoms with Gasteiger partial charge in [0.15, 0.2) is 0 Å². The third-order valence-electron chi connectivity index (χ3n) is 4.66. The standard InChI is InChI=1S/C17H17FN6O3/c1-9-5-11(3-4-12(9)18)16-19-15(27-22-16)8-23-7-14-21-20-10(2)24(14)6-13(23)17(25)26/h3-5,13H,6-8H2,1-2H3,(H,25,26). The SMILES string of the molecule is Cc1cc(-c2noc(CN3Cc4nnc(C)n4CC3C(=O)O)n2)ccc1F. The molecule has 3 aromatic rings. The molecule has 1 aliphatic heterocycles. The number of fused-ring (bicyclic) bond motifs is 1. The number of benzene rings is 1. The van der Waals surface area contributed by atoms with E-state index in [0.717, 1.165) is 0 Å². The van der Waals surface area contributed by atoms with Crippen molar-refractivity contribution in [3.05, 3.63) is 47.1 Å². The molecule has 1 atom stereocenters. The van der Waals surface area contributed by atoms with Gasteiger partial charge in [0, 0.05) is 5.56 Å². The second-order valence-corrected chi connectivity index (χ2v) is 6.51. The van der Waals surface area contributed by atoms with E-state index in [0.29, 0.717) is 35.1 Å². The maximum absolute atomic E-state index is 13.4. The molecular formula is C17H17FN6O3. The van der Waals surface area contributed by atoms with Crippen molar-refractivity contribution >= 4 is 5.97 Å². The highest BCUT2D eigenvalue weighted by molar-refractivity contribution is 5.73. The molecule has 1 N–H and O–H groups in total. The average Bonchev–Trinajstić information content (AvgIpc) is 3.24. The van der Waals surface area contributed by atoms with Crippen LogP contribution in [0.2, 0.25) is 0 Å². The minimum atomic E-state index is -0.942. The second-order valence-electron chi connectivity index (χ2n) is 6.51. The molecule has 27 heavy (non-hydrogen) atoms. The molecule has 9 nitrogen and oxygen atoms in total. The van der Waals surface area contributed by atoms with Crippen molar-refractivity contribution in [1.82, 2.24) is 29.8 Å². The molecule has 1 aliphatic rings. The van der Waals surface area contributed by atoms with Crippen molar-refractivity contribution in [2.24, 2.45) is 0 Å². The first kappa shape index (κ1) is 17.3. The Morgan fingerprint density at radius 2 is 2.19 bits per heavy atom. The van der Waals surface area contributed by atoms with Gasteiger partial charge >= 0.3 is 5.97 Å². The van der Waals surface area contributed by atoms with Gasteiger partial charge in [-0.25, -0.2) is 4.39 Å². The number of hydrogen-bond donors (Lipinski definition) is 1. The van der Waals surface area contributed by atoms with Crippen LogP contribution in [0.5, 0.6) is 0 Å². The zero-order valence-electron chi connectivity index (χ0n) is 14.8. The third-order valence-corrected chi connectivity index (χ3v) is 4.66. The first-order chi connectivity index (χ1) is 12.9. The van der Waals surface area contributed by atoms with Gasteiger partial charge in [-0.1, -0.05) is 5.16 Å². The van der Waals surface area contributed by atoms with Gasteiger partial charge in [-0.2, -0.15) is 4.98 Å². The van der Waals surface area contributed by atoms with Crippen LogP contribution < -0.4 is 0 Å². The van der Waals surface area contributed by atoms with Crippen molar-refractivity contribution < 1.29 is 18.8 Å². The maximum Gasteiger partial charge on any atom is 0.322 e. The predicted octanol–water partition coefficient (Wildman–Crippen LogP) is 1.55. The number of hydrogen-bond acceptors (Lipinski definition) is 7. The van der Waals surface area contributed by atoms with Gasteiger partial charge < -0.3 is 14.2 Å². The van der Waals surface area contributed by atoms with E-state index in [4.69, 9.17) is 4.52 Å². The van der Waals surface area contributed by atoms with Crippen LogP contribution in [0.25, 0.3) is 11.4 Å². The highest BCUT2D eigenvalue weighted by atomic mass is 19.1. The molecule has 0 bridgehead atoms. The molecule has 0 radical (unpaired) electrons. The van der Waals surface area contributed by atoms with E-state index in [1.54, 1.807) is 35.4 Å². The van der Waals surface area contributed by atoms with Crippen molar-refractivity contribution in [2.45, 2.75) is 39.5 Å². The van der Waals surface area contributed by atoms with Gasteiger partial charge in [-0.15, -0.1) is 10.2 Å². The number of nitrogens with zero attached hydrogens (tertiary/aromatic N) is 6. The fraction of sp³-hybridized carbons (Fsp3) is 0.353. The summed E-state index contributed by atoms with van der Waals surface area (Å²) in [6, 6.07) is 3.80. The molecule has 0 amide bonds. The molecule has 0 aliphatic carbocycles. The molecule has 3 heterocycles. The summed E-state index contributed by atoms with van der Waals surface area (Å²) in [7, 11) is 0. The maximum atomic E-state index is 13.4. The van der Waals surface area contributed by atoms with Gasteiger partial charge in [0.2, 0.25) is 11.7 Å². The summed E-state index contributed by atoms with van der Waals surface area (Å²) in [6.07, 6.45) is 0. The lowest BCUT2D eigenvalue weighted by atomic mass is 10.1. The van der Waals surface area contributed by atoms with Crippen molar-refractivity contribution in [1.29, 1.82) is 0 Å². The summed E-state index contributed by atoms with van der Waals surface area (Å²) in [4.78, 5) is 17.7. The molecular weight excluding hydrogens is 355 g/mol. The molecule has 1 unspecified atom stereocenters. The van der Waals surface area contributed by atoms with Crippen LogP contribution in [-0.2, 0) is 24.4 Å². The van der Waals surface area contributed by atoms with Crippen LogP contribution in [0.3, 0.4) is 0 Å². The number of aryl methyl sites for hydroxylation is 2. The van der Waals surface area contributed by atoms with Crippen LogP contribution in [0.4, 0.5) is 4.39 Å². The quantitative estimate of drug-likeness (QED) is 0.735.